The Balaban J connectivity index is 2.66. The normalized spacial score (nSPS) is 30.2. The number of rotatable bonds is 8. The minimum Gasteiger partial charge on any atom is -0.467 e. The molecule has 1 rings (SSSR count). The number of carbonyl (C=O) groups excluding carboxylic acids is 2. The number of hydrogen-bond acceptors (Lipinski definition) is 10. The highest BCUT2D eigenvalue weighted by Crippen LogP contribution is 2.22. The molecule has 1 amide bonds. The van der Waals surface area contributed by atoms with Crippen molar-refractivity contribution >= 4 is 12.1 Å². The first kappa shape index (κ1) is 21.3. The fourth-order valence-corrected chi connectivity index (χ4v) is 2.03. The van der Waals surface area contributed by atoms with Crippen LogP contribution in [0.3, 0.4) is 0 Å². The topological polar surface area (TPSA) is 164 Å². The van der Waals surface area contributed by atoms with Crippen molar-refractivity contribution < 1.29 is 49.0 Å². The van der Waals surface area contributed by atoms with E-state index in [1.54, 1.807) is 0 Å². The fraction of sp³-hybridized carbons (Fsp3) is 0.714. The third-order valence-electron chi connectivity index (χ3n) is 3.39. The molecule has 1 saturated heterocycles. The van der Waals surface area contributed by atoms with Gasteiger partial charge in [0.05, 0.1) is 20.3 Å². The van der Waals surface area contributed by atoms with E-state index in [-0.39, 0.29) is 6.61 Å². The molecule has 0 bridgehead atoms. The van der Waals surface area contributed by atoms with E-state index in [9.17, 15) is 24.9 Å². The van der Waals surface area contributed by atoms with Crippen molar-refractivity contribution in [1.82, 2.24) is 5.32 Å². The lowest BCUT2D eigenvalue weighted by Gasteiger charge is -2.39. The Morgan fingerprint density at radius 3 is 2.52 bits per heavy atom. The third-order valence-corrected chi connectivity index (χ3v) is 3.39. The van der Waals surface area contributed by atoms with Gasteiger partial charge in [0.1, 0.15) is 31.0 Å². The molecule has 1 unspecified atom stereocenters. The standard InChI is InChI=1S/C14H23NO10/c1-3-4-23-14(21)15-7(12(20)22-2)6-24-13-11(19)10(18)9(17)8(5-16)25-13/h3,7-11,13,16-19H,1,4-6H2,2H3,(H,15,21)/t7?,8-,9+,10+,11-,13-/m1/s1. The van der Waals surface area contributed by atoms with E-state index < -0.39 is 62.0 Å². The molecule has 1 heterocycles. The first-order valence-corrected chi connectivity index (χ1v) is 7.39. The summed E-state index contributed by atoms with van der Waals surface area (Å²) in [6, 6.07) is -1.28. The van der Waals surface area contributed by atoms with E-state index in [1.165, 1.54) is 6.08 Å². The summed E-state index contributed by atoms with van der Waals surface area (Å²) < 4.78 is 19.5. The number of hydrogen-bond donors (Lipinski definition) is 5. The lowest BCUT2D eigenvalue weighted by molar-refractivity contribution is -0.301. The molecule has 0 aliphatic carbocycles. The van der Waals surface area contributed by atoms with Crippen LogP contribution in [0.25, 0.3) is 0 Å². The van der Waals surface area contributed by atoms with E-state index >= 15 is 0 Å². The van der Waals surface area contributed by atoms with Gasteiger partial charge in [0, 0.05) is 0 Å². The number of aliphatic hydroxyl groups excluding tert-OH is 4. The Morgan fingerprint density at radius 1 is 1.28 bits per heavy atom. The van der Waals surface area contributed by atoms with Gasteiger partial charge in [-0.3, -0.25) is 0 Å². The average molecular weight is 365 g/mol. The molecule has 1 aliphatic rings. The lowest BCUT2D eigenvalue weighted by atomic mass is 9.99. The van der Waals surface area contributed by atoms with E-state index in [0.29, 0.717) is 0 Å². The van der Waals surface area contributed by atoms with Crippen LogP contribution in [-0.4, -0.2) is 96.2 Å². The largest absolute Gasteiger partial charge is 0.467 e. The zero-order valence-corrected chi connectivity index (χ0v) is 13.6. The van der Waals surface area contributed by atoms with E-state index in [0.717, 1.165) is 7.11 Å². The molecule has 1 fully saturated rings. The number of methoxy groups -OCH3 is 1. The minimum atomic E-state index is -1.64. The third kappa shape index (κ3) is 5.92. The van der Waals surface area contributed by atoms with Crippen molar-refractivity contribution in [3.8, 4) is 0 Å². The molecule has 144 valence electrons. The summed E-state index contributed by atoms with van der Waals surface area (Å²) >= 11 is 0. The predicted molar refractivity (Wildman–Crippen MR) is 80.2 cm³/mol. The van der Waals surface area contributed by atoms with Gasteiger partial charge in [-0.25, -0.2) is 9.59 Å². The maximum atomic E-state index is 11.7. The van der Waals surface area contributed by atoms with Crippen LogP contribution < -0.4 is 5.32 Å². The molecule has 0 saturated carbocycles. The molecule has 0 radical (unpaired) electrons. The van der Waals surface area contributed by atoms with Crippen LogP contribution >= 0.6 is 0 Å². The van der Waals surface area contributed by atoms with Gasteiger partial charge in [-0.05, 0) is 0 Å². The predicted octanol–water partition coefficient (Wildman–Crippen LogP) is -2.74. The molecule has 0 aromatic carbocycles. The summed E-state index contributed by atoms with van der Waals surface area (Å²) in [5, 5.41) is 40.5. The van der Waals surface area contributed by atoms with Crippen molar-refractivity contribution in [3.05, 3.63) is 12.7 Å². The Labute approximate surface area is 143 Å². The van der Waals surface area contributed by atoms with Gasteiger partial charge >= 0.3 is 12.1 Å². The number of esters is 1. The second-order valence-corrected chi connectivity index (χ2v) is 5.14. The van der Waals surface area contributed by atoms with Crippen LogP contribution in [0.5, 0.6) is 0 Å². The molecular formula is C14H23NO10. The van der Waals surface area contributed by atoms with Gasteiger partial charge < -0.3 is 44.7 Å². The highest BCUT2D eigenvalue weighted by molar-refractivity contribution is 5.81. The summed E-state index contributed by atoms with van der Waals surface area (Å²) in [6.45, 7) is 2.18. The number of ether oxygens (including phenoxy) is 4. The highest BCUT2D eigenvalue weighted by Gasteiger charge is 2.44. The van der Waals surface area contributed by atoms with E-state index in [4.69, 9.17) is 14.6 Å². The molecule has 6 atom stereocenters. The Morgan fingerprint density at radius 2 is 1.96 bits per heavy atom. The van der Waals surface area contributed by atoms with Crippen LogP contribution in [0, 0.1) is 0 Å². The summed E-state index contributed by atoms with van der Waals surface area (Å²) in [6.07, 6.45) is -7.01. The SMILES string of the molecule is C=CCOC(=O)NC(CO[C@@H]1O[C@H](CO)[C@H](O)[C@H](O)[C@H]1O)C(=O)OC. The van der Waals surface area contributed by atoms with Crippen molar-refractivity contribution in [2.45, 2.75) is 36.7 Å². The zero-order valence-electron chi connectivity index (χ0n) is 13.6. The van der Waals surface area contributed by atoms with Crippen molar-refractivity contribution in [1.29, 1.82) is 0 Å². The average Bonchev–Trinajstić information content (AvgIpc) is 2.62. The molecule has 0 aromatic rings. The number of aliphatic hydroxyl groups is 4. The van der Waals surface area contributed by atoms with Crippen molar-refractivity contribution in [2.24, 2.45) is 0 Å². The van der Waals surface area contributed by atoms with Crippen LogP contribution in [0.1, 0.15) is 0 Å². The van der Waals surface area contributed by atoms with Gasteiger partial charge in [0.15, 0.2) is 12.3 Å². The van der Waals surface area contributed by atoms with Gasteiger partial charge in [-0.15, -0.1) is 0 Å². The zero-order chi connectivity index (χ0) is 19.0. The van der Waals surface area contributed by atoms with Gasteiger partial charge in [-0.2, -0.15) is 0 Å². The molecular weight excluding hydrogens is 342 g/mol. The van der Waals surface area contributed by atoms with E-state index in [2.05, 4.69) is 21.4 Å². The number of nitrogens with one attached hydrogen (secondary N) is 1. The first-order chi connectivity index (χ1) is 11.8. The molecule has 0 aromatic heterocycles. The second-order valence-electron chi connectivity index (χ2n) is 5.14. The first-order valence-electron chi connectivity index (χ1n) is 7.39. The molecule has 5 N–H and O–H groups in total. The maximum Gasteiger partial charge on any atom is 0.408 e. The Hall–Kier alpha value is -1.76. The number of amides is 1. The van der Waals surface area contributed by atoms with Crippen LogP contribution in [-0.2, 0) is 23.7 Å². The molecule has 11 nitrogen and oxygen atoms in total. The van der Waals surface area contributed by atoms with Crippen LogP contribution in [0.15, 0.2) is 12.7 Å². The monoisotopic (exact) mass is 365 g/mol. The fourth-order valence-electron chi connectivity index (χ4n) is 2.03. The molecule has 0 spiro atoms. The van der Waals surface area contributed by atoms with Crippen molar-refractivity contribution in [2.75, 3.05) is 26.9 Å². The summed E-state index contributed by atoms with van der Waals surface area (Å²) in [5.41, 5.74) is 0. The van der Waals surface area contributed by atoms with E-state index in [1.807, 2.05) is 0 Å². The lowest BCUT2D eigenvalue weighted by Crippen LogP contribution is -2.59. The van der Waals surface area contributed by atoms with Gasteiger partial charge in [-0.1, -0.05) is 12.7 Å². The molecule has 25 heavy (non-hydrogen) atoms. The van der Waals surface area contributed by atoms with Crippen LogP contribution in [0.2, 0.25) is 0 Å². The minimum absolute atomic E-state index is 0.0761. The van der Waals surface area contributed by atoms with Gasteiger partial charge in [0.2, 0.25) is 0 Å². The Kier molecular flexibility index (Phi) is 8.75. The molecule has 11 heteroatoms. The molecule has 1 aliphatic heterocycles. The second kappa shape index (κ2) is 10.3. The van der Waals surface area contributed by atoms with Gasteiger partial charge in [0.25, 0.3) is 0 Å². The Bertz CT molecular complexity index is 457. The van der Waals surface area contributed by atoms with Crippen LogP contribution in [0.4, 0.5) is 4.79 Å². The summed E-state index contributed by atoms with van der Waals surface area (Å²) in [5.74, 6) is -0.847. The van der Waals surface area contributed by atoms with Crippen molar-refractivity contribution in [3.63, 3.8) is 0 Å². The smallest absolute Gasteiger partial charge is 0.408 e. The maximum absolute atomic E-state index is 11.7. The number of alkyl carbamates (subject to hydrolysis) is 1. The quantitative estimate of drug-likeness (QED) is 0.225. The summed E-state index contributed by atoms with van der Waals surface area (Å²) in [7, 11) is 1.10. The summed E-state index contributed by atoms with van der Waals surface area (Å²) in [4.78, 5) is 23.2. The number of carbonyl (C=O) groups is 2. The highest BCUT2D eigenvalue weighted by atomic mass is 16.7.